The minimum absolute atomic E-state index is 0.00773. The second-order valence-corrected chi connectivity index (χ2v) is 4.73. The zero-order chi connectivity index (χ0) is 12.0. The summed E-state index contributed by atoms with van der Waals surface area (Å²) in [4.78, 5) is 12.8. The lowest BCUT2D eigenvalue weighted by Crippen LogP contribution is -2.35. The van der Waals surface area contributed by atoms with Gasteiger partial charge in [-0.15, -0.1) is 11.8 Å². The number of carbonyl (C=O) groups excluding carboxylic acids is 1. The zero-order valence-corrected chi connectivity index (χ0v) is 10.7. The maximum atomic E-state index is 11.7. The van der Waals surface area contributed by atoms with Crippen LogP contribution in [0.5, 0.6) is 0 Å². The second kappa shape index (κ2) is 6.55. The van der Waals surface area contributed by atoms with Crippen LogP contribution in [-0.2, 0) is 4.79 Å². The van der Waals surface area contributed by atoms with Crippen LogP contribution in [0.25, 0.3) is 0 Å². The molecule has 0 aliphatic rings. The molecule has 0 saturated heterocycles. The number of likely N-dealkylation sites (N-methyl/N-ethyl adjacent to an activating group) is 1. The molecule has 2 N–H and O–H groups in total. The van der Waals surface area contributed by atoms with Gasteiger partial charge in [0.25, 0.3) is 0 Å². The number of nitrogens with one attached hydrogen (secondary N) is 2. The van der Waals surface area contributed by atoms with Crippen molar-refractivity contribution in [1.82, 2.24) is 5.32 Å². The van der Waals surface area contributed by atoms with Crippen LogP contribution in [0, 0.1) is 0 Å². The molecule has 0 saturated carbocycles. The highest BCUT2D eigenvalue weighted by Crippen LogP contribution is 2.26. The first-order valence-electron chi connectivity index (χ1n) is 5.39. The van der Waals surface area contributed by atoms with Crippen LogP contribution in [0.3, 0.4) is 0 Å². The fourth-order valence-electron chi connectivity index (χ4n) is 1.22. The van der Waals surface area contributed by atoms with Crippen LogP contribution in [0.4, 0.5) is 5.69 Å². The molecule has 0 bridgehead atoms. The van der Waals surface area contributed by atoms with Gasteiger partial charge < -0.3 is 10.6 Å². The molecule has 0 spiro atoms. The van der Waals surface area contributed by atoms with Crippen LogP contribution in [0.1, 0.15) is 13.8 Å². The Morgan fingerprint density at radius 2 is 2.12 bits per heavy atom. The monoisotopic (exact) mass is 238 g/mol. The number of para-hydroxylation sites is 1. The number of amides is 1. The van der Waals surface area contributed by atoms with E-state index >= 15 is 0 Å². The Bertz CT molecular complexity index is 355. The zero-order valence-electron chi connectivity index (χ0n) is 9.91. The van der Waals surface area contributed by atoms with Crippen LogP contribution >= 0.6 is 11.8 Å². The highest BCUT2D eigenvalue weighted by atomic mass is 32.2. The van der Waals surface area contributed by atoms with E-state index in [1.807, 2.05) is 31.2 Å². The van der Waals surface area contributed by atoms with Crippen molar-refractivity contribution in [3.05, 3.63) is 24.3 Å². The van der Waals surface area contributed by atoms with Gasteiger partial charge in [0, 0.05) is 4.90 Å². The highest BCUT2D eigenvalue weighted by molar-refractivity contribution is 7.99. The molecule has 0 heterocycles. The number of benzene rings is 1. The van der Waals surface area contributed by atoms with Gasteiger partial charge in [0.05, 0.1) is 11.7 Å². The van der Waals surface area contributed by atoms with Gasteiger partial charge in [0.15, 0.2) is 0 Å². The maximum absolute atomic E-state index is 11.7. The molecule has 0 aliphatic heterocycles. The largest absolute Gasteiger partial charge is 0.324 e. The fourth-order valence-corrected chi connectivity index (χ4v) is 1.98. The number of hydrogen-bond donors (Lipinski definition) is 2. The Hall–Kier alpha value is -1.00. The first-order valence-corrected chi connectivity index (χ1v) is 6.37. The van der Waals surface area contributed by atoms with Gasteiger partial charge in [-0.05, 0) is 31.9 Å². The number of thioether (sulfide) groups is 1. The Morgan fingerprint density at radius 3 is 2.75 bits per heavy atom. The lowest BCUT2D eigenvalue weighted by molar-refractivity contribution is -0.117. The Balaban J connectivity index is 2.76. The molecule has 1 aromatic carbocycles. The minimum Gasteiger partial charge on any atom is -0.324 e. The lowest BCUT2D eigenvalue weighted by Gasteiger charge is -2.13. The molecule has 0 radical (unpaired) electrons. The fraction of sp³-hybridized carbons (Fsp3) is 0.417. The molecule has 1 aromatic rings. The van der Waals surface area contributed by atoms with Crippen LogP contribution < -0.4 is 10.6 Å². The number of rotatable bonds is 5. The second-order valence-electron chi connectivity index (χ2n) is 3.43. The van der Waals surface area contributed by atoms with E-state index in [0.29, 0.717) is 0 Å². The summed E-state index contributed by atoms with van der Waals surface area (Å²) < 4.78 is 0. The van der Waals surface area contributed by atoms with E-state index < -0.39 is 0 Å². The molecule has 1 rings (SSSR count). The van der Waals surface area contributed by atoms with Crippen molar-refractivity contribution >= 4 is 23.4 Å². The average molecular weight is 238 g/mol. The summed E-state index contributed by atoms with van der Waals surface area (Å²) >= 11 is 1.73. The first-order chi connectivity index (χ1) is 7.69. The van der Waals surface area contributed by atoms with Gasteiger partial charge in [-0.3, -0.25) is 4.79 Å². The van der Waals surface area contributed by atoms with Gasteiger partial charge >= 0.3 is 0 Å². The van der Waals surface area contributed by atoms with Crippen LogP contribution in [0.2, 0.25) is 0 Å². The van der Waals surface area contributed by atoms with E-state index in [0.717, 1.165) is 16.3 Å². The SMILES string of the molecule is CCSc1ccccc1NC(=O)C(C)NC. The van der Waals surface area contributed by atoms with Crippen molar-refractivity contribution in [2.24, 2.45) is 0 Å². The van der Waals surface area contributed by atoms with Crippen molar-refractivity contribution < 1.29 is 4.79 Å². The van der Waals surface area contributed by atoms with Crippen LogP contribution in [0.15, 0.2) is 29.2 Å². The quantitative estimate of drug-likeness (QED) is 0.774. The molecule has 16 heavy (non-hydrogen) atoms. The average Bonchev–Trinajstić information content (AvgIpc) is 2.31. The molecule has 1 amide bonds. The van der Waals surface area contributed by atoms with Gasteiger partial charge in [-0.2, -0.15) is 0 Å². The summed E-state index contributed by atoms with van der Waals surface area (Å²) in [5, 5.41) is 5.84. The predicted molar refractivity (Wildman–Crippen MR) is 70.0 cm³/mol. The minimum atomic E-state index is -0.181. The molecule has 0 aliphatic carbocycles. The number of carbonyl (C=O) groups is 1. The van der Waals surface area contributed by atoms with E-state index in [4.69, 9.17) is 0 Å². The molecule has 1 atom stereocenters. The summed E-state index contributed by atoms with van der Waals surface area (Å²) in [5.74, 6) is 0.987. The highest BCUT2D eigenvalue weighted by Gasteiger charge is 2.11. The molecule has 0 aromatic heterocycles. The molecule has 0 fully saturated rings. The third-order valence-corrected chi connectivity index (χ3v) is 3.23. The Labute approximate surface area is 101 Å². The van der Waals surface area contributed by atoms with Crippen molar-refractivity contribution in [3.8, 4) is 0 Å². The standard InChI is InChI=1S/C12H18N2OS/c1-4-16-11-8-6-5-7-10(11)14-12(15)9(2)13-3/h5-9,13H,4H2,1-3H3,(H,14,15). The van der Waals surface area contributed by atoms with Crippen LogP contribution in [-0.4, -0.2) is 24.7 Å². The van der Waals surface area contributed by atoms with E-state index in [-0.39, 0.29) is 11.9 Å². The van der Waals surface area contributed by atoms with Crippen molar-refractivity contribution in [2.45, 2.75) is 24.8 Å². The summed E-state index contributed by atoms with van der Waals surface area (Å²) in [6.07, 6.45) is 0. The third kappa shape index (κ3) is 3.54. The van der Waals surface area contributed by atoms with Gasteiger partial charge in [-0.1, -0.05) is 19.1 Å². The smallest absolute Gasteiger partial charge is 0.241 e. The predicted octanol–water partition coefficient (Wildman–Crippen LogP) is 2.34. The molecule has 1 unspecified atom stereocenters. The van der Waals surface area contributed by atoms with Gasteiger partial charge in [-0.25, -0.2) is 0 Å². The third-order valence-electron chi connectivity index (χ3n) is 2.27. The Morgan fingerprint density at radius 1 is 1.44 bits per heavy atom. The molecular weight excluding hydrogens is 220 g/mol. The summed E-state index contributed by atoms with van der Waals surface area (Å²) in [7, 11) is 1.77. The normalized spacial score (nSPS) is 12.2. The van der Waals surface area contributed by atoms with Crippen molar-refractivity contribution in [3.63, 3.8) is 0 Å². The van der Waals surface area contributed by atoms with Crippen molar-refractivity contribution in [2.75, 3.05) is 18.1 Å². The van der Waals surface area contributed by atoms with E-state index in [1.165, 1.54) is 0 Å². The summed E-state index contributed by atoms with van der Waals surface area (Å²) in [6.45, 7) is 3.93. The van der Waals surface area contributed by atoms with Gasteiger partial charge in [0.2, 0.25) is 5.91 Å². The summed E-state index contributed by atoms with van der Waals surface area (Å²) in [5.41, 5.74) is 0.890. The topological polar surface area (TPSA) is 41.1 Å². The molecule has 4 heteroatoms. The van der Waals surface area contributed by atoms with Crippen molar-refractivity contribution in [1.29, 1.82) is 0 Å². The molecule has 3 nitrogen and oxygen atoms in total. The Kier molecular flexibility index (Phi) is 5.35. The molecule has 88 valence electrons. The summed E-state index contributed by atoms with van der Waals surface area (Å²) in [6, 6.07) is 7.68. The maximum Gasteiger partial charge on any atom is 0.241 e. The lowest BCUT2D eigenvalue weighted by atomic mass is 10.2. The van der Waals surface area contributed by atoms with E-state index in [2.05, 4.69) is 17.6 Å². The van der Waals surface area contributed by atoms with Gasteiger partial charge in [0.1, 0.15) is 0 Å². The molecular formula is C12H18N2OS. The number of anilines is 1. The number of hydrogen-bond acceptors (Lipinski definition) is 3. The van der Waals surface area contributed by atoms with E-state index in [9.17, 15) is 4.79 Å². The van der Waals surface area contributed by atoms with E-state index in [1.54, 1.807) is 18.8 Å². The first kappa shape index (κ1) is 13.1.